The van der Waals surface area contributed by atoms with Crippen LogP contribution in [-0.2, 0) is 0 Å². The van der Waals surface area contributed by atoms with Gasteiger partial charge in [0.25, 0.3) is 0 Å². The van der Waals surface area contributed by atoms with E-state index < -0.39 is 0 Å². The van der Waals surface area contributed by atoms with Gasteiger partial charge in [-0.15, -0.1) is 0 Å². The average Bonchev–Trinajstić information content (AvgIpc) is 3.02. The Balaban J connectivity index is 1.97. The molecule has 0 spiro atoms. The van der Waals surface area contributed by atoms with Gasteiger partial charge in [0.2, 0.25) is 0 Å². The predicted octanol–water partition coefficient (Wildman–Crippen LogP) is 4.24. The summed E-state index contributed by atoms with van der Waals surface area (Å²) < 4.78 is 16.1. The Bertz CT molecular complexity index is 843. The molecule has 116 valence electrons. The first-order valence-electron chi connectivity index (χ1n) is 7.16. The highest BCUT2D eigenvalue weighted by Crippen LogP contribution is 2.28. The van der Waals surface area contributed by atoms with Crippen LogP contribution in [0, 0.1) is 0 Å². The van der Waals surface area contributed by atoms with Crippen LogP contribution < -0.4 is 9.47 Å². The topological polar surface area (TPSA) is 48.7 Å². The SMILES string of the molecule is C=CCOc1ccc2occ(C(=O)c3ccc(OC)cc3)c2c1. The normalized spacial score (nSPS) is 10.5. The lowest BCUT2D eigenvalue weighted by molar-refractivity contribution is 0.103. The van der Waals surface area contributed by atoms with Crippen LogP contribution in [0.15, 0.2) is 65.8 Å². The third-order valence-electron chi connectivity index (χ3n) is 3.51. The van der Waals surface area contributed by atoms with Gasteiger partial charge in [0.15, 0.2) is 5.78 Å². The molecule has 0 radical (unpaired) electrons. The zero-order chi connectivity index (χ0) is 16.2. The Morgan fingerprint density at radius 2 is 1.91 bits per heavy atom. The molecule has 4 nitrogen and oxygen atoms in total. The molecule has 23 heavy (non-hydrogen) atoms. The molecule has 0 atom stereocenters. The summed E-state index contributed by atoms with van der Waals surface area (Å²) in [4.78, 5) is 12.7. The van der Waals surface area contributed by atoms with E-state index in [0.717, 1.165) is 5.39 Å². The number of furan rings is 1. The highest BCUT2D eigenvalue weighted by Gasteiger charge is 2.16. The van der Waals surface area contributed by atoms with Crippen LogP contribution >= 0.6 is 0 Å². The Morgan fingerprint density at radius 3 is 2.61 bits per heavy atom. The zero-order valence-electron chi connectivity index (χ0n) is 12.7. The molecule has 0 unspecified atom stereocenters. The Hall–Kier alpha value is -3.01. The Labute approximate surface area is 133 Å². The fourth-order valence-electron chi connectivity index (χ4n) is 2.33. The van der Waals surface area contributed by atoms with Crippen molar-refractivity contribution in [1.82, 2.24) is 0 Å². The van der Waals surface area contributed by atoms with Crippen molar-refractivity contribution in [3.8, 4) is 11.5 Å². The van der Waals surface area contributed by atoms with Crippen molar-refractivity contribution in [2.24, 2.45) is 0 Å². The quantitative estimate of drug-likeness (QED) is 0.505. The fourth-order valence-corrected chi connectivity index (χ4v) is 2.33. The lowest BCUT2D eigenvalue weighted by atomic mass is 10.0. The van der Waals surface area contributed by atoms with E-state index in [1.54, 1.807) is 55.7 Å². The molecule has 2 aromatic carbocycles. The van der Waals surface area contributed by atoms with Gasteiger partial charge in [-0.3, -0.25) is 4.79 Å². The van der Waals surface area contributed by atoms with E-state index in [1.165, 1.54) is 6.26 Å². The van der Waals surface area contributed by atoms with Crippen molar-refractivity contribution in [3.05, 3.63) is 72.5 Å². The number of rotatable bonds is 6. The molecule has 1 aromatic heterocycles. The van der Waals surface area contributed by atoms with Crippen LogP contribution in [0.25, 0.3) is 11.0 Å². The fraction of sp³-hybridized carbons (Fsp3) is 0.105. The number of hydrogen-bond acceptors (Lipinski definition) is 4. The van der Waals surface area contributed by atoms with Crippen molar-refractivity contribution in [1.29, 1.82) is 0 Å². The van der Waals surface area contributed by atoms with E-state index in [0.29, 0.717) is 34.8 Å². The number of methoxy groups -OCH3 is 1. The van der Waals surface area contributed by atoms with Gasteiger partial charge < -0.3 is 13.9 Å². The lowest BCUT2D eigenvalue weighted by Crippen LogP contribution is -2.00. The second-order valence-corrected chi connectivity index (χ2v) is 4.96. The van der Waals surface area contributed by atoms with E-state index in [4.69, 9.17) is 13.9 Å². The highest BCUT2D eigenvalue weighted by molar-refractivity contribution is 6.16. The molecule has 0 saturated carbocycles. The summed E-state index contributed by atoms with van der Waals surface area (Å²) >= 11 is 0. The first-order chi connectivity index (χ1) is 11.2. The standard InChI is InChI=1S/C19H16O4/c1-3-10-22-15-8-9-18-16(11-15)17(12-23-18)19(20)13-4-6-14(21-2)7-5-13/h3-9,11-12H,1,10H2,2H3. The van der Waals surface area contributed by atoms with Crippen LogP contribution in [0.1, 0.15) is 15.9 Å². The van der Waals surface area contributed by atoms with Gasteiger partial charge in [0.1, 0.15) is 30.0 Å². The summed E-state index contributed by atoms with van der Waals surface area (Å²) in [5.41, 5.74) is 1.73. The van der Waals surface area contributed by atoms with Crippen molar-refractivity contribution >= 4 is 16.8 Å². The molecular formula is C19H16O4. The zero-order valence-corrected chi connectivity index (χ0v) is 12.7. The summed E-state index contributed by atoms with van der Waals surface area (Å²) in [5, 5.41) is 0.729. The predicted molar refractivity (Wildman–Crippen MR) is 88.3 cm³/mol. The number of ketones is 1. The summed E-state index contributed by atoms with van der Waals surface area (Å²) in [5.74, 6) is 1.27. The van der Waals surface area contributed by atoms with E-state index in [9.17, 15) is 4.79 Å². The Kier molecular flexibility index (Phi) is 4.15. The van der Waals surface area contributed by atoms with E-state index in [1.807, 2.05) is 0 Å². The van der Waals surface area contributed by atoms with Crippen LogP contribution in [0.3, 0.4) is 0 Å². The van der Waals surface area contributed by atoms with Gasteiger partial charge in [-0.05, 0) is 42.5 Å². The molecule has 4 heteroatoms. The molecular weight excluding hydrogens is 292 g/mol. The molecule has 0 N–H and O–H groups in total. The van der Waals surface area contributed by atoms with Gasteiger partial charge in [-0.2, -0.15) is 0 Å². The van der Waals surface area contributed by atoms with Crippen LogP contribution in [0.2, 0.25) is 0 Å². The number of carbonyl (C=O) groups excluding carboxylic acids is 1. The third-order valence-corrected chi connectivity index (χ3v) is 3.51. The molecule has 3 rings (SSSR count). The van der Waals surface area contributed by atoms with Crippen LogP contribution in [0.4, 0.5) is 0 Å². The number of hydrogen-bond donors (Lipinski definition) is 0. The summed E-state index contributed by atoms with van der Waals surface area (Å²) in [6.45, 7) is 4.03. The monoisotopic (exact) mass is 308 g/mol. The first-order valence-corrected chi connectivity index (χ1v) is 7.16. The largest absolute Gasteiger partial charge is 0.497 e. The summed E-state index contributed by atoms with van der Waals surface area (Å²) in [6, 6.07) is 12.4. The van der Waals surface area contributed by atoms with Crippen molar-refractivity contribution < 1.29 is 18.7 Å². The molecule has 0 saturated heterocycles. The third kappa shape index (κ3) is 2.97. The minimum Gasteiger partial charge on any atom is -0.497 e. The number of carbonyl (C=O) groups is 1. The molecule has 0 fully saturated rings. The second kappa shape index (κ2) is 6.40. The average molecular weight is 308 g/mol. The maximum Gasteiger partial charge on any atom is 0.196 e. The lowest BCUT2D eigenvalue weighted by Gasteiger charge is -2.04. The number of ether oxygens (including phenoxy) is 2. The molecule has 0 aliphatic carbocycles. The van der Waals surface area contributed by atoms with Gasteiger partial charge in [0.05, 0.1) is 12.7 Å². The molecule has 1 heterocycles. The summed E-state index contributed by atoms with van der Waals surface area (Å²) in [7, 11) is 1.59. The highest BCUT2D eigenvalue weighted by atomic mass is 16.5. The summed E-state index contributed by atoms with van der Waals surface area (Å²) in [6.07, 6.45) is 3.15. The van der Waals surface area contributed by atoms with Crippen molar-refractivity contribution in [3.63, 3.8) is 0 Å². The maximum atomic E-state index is 12.7. The van der Waals surface area contributed by atoms with Gasteiger partial charge >= 0.3 is 0 Å². The van der Waals surface area contributed by atoms with E-state index in [2.05, 4.69) is 6.58 Å². The number of fused-ring (bicyclic) bond motifs is 1. The van der Waals surface area contributed by atoms with Gasteiger partial charge in [-0.1, -0.05) is 12.7 Å². The molecule has 0 aliphatic rings. The second-order valence-electron chi connectivity index (χ2n) is 4.96. The molecule has 3 aromatic rings. The molecule has 0 bridgehead atoms. The van der Waals surface area contributed by atoms with Gasteiger partial charge in [0, 0.05) is 10.9 Å². The Morgan fingerprint density at radius 1 is 1.17 bits per heavy atom. The minimum absolute atomic E-state index is 0.104. The minimum atomic E-state index is -0.104. The molecule has 0 amide bonds. The smallest absolute Gasteiger partial charge is 0.196 e. The van der Waals surface area contributed by atoms with Crippen molar-refractivity contribution in [2.45, 2.75) is 0 Å². The van der Waals surface area contributed by atoms with Gasteiger partial charge in [-0.25, -0.2) is 0 Å². The van der Waals surface area contributed by atoms with E-state index in [-0.39, 0.29) is 5.78 Å². The molecule has 0 aliphatic heterocycles. The van der Waals surface area contributed by atoms with Crippen LogP contribution in [0.5, 0.6) is 11.5 Å². The van der Waals surface area contributed by atoms with Crippen molar-refractivity contribution in [2.75, 3.05) is 13.7 Å². The van der Waals surface area contributed by atoms with E-state index >= 15 is 0 Å². The number of benzene rings is 2. The maximum absolute atomic E-state index is 12.7. The first kappa shape index (κ1) is 14.9. The van der Waals surface area contributed by atoms with Crippen LogP contribution in [-0.4, -0.2) is 19.5 Å².